The van der Waals surface area contributed by atoms with Gasteiger partial charge < -0.3 is 14.9 Å². The molecule has 0 aliphatic carbocycles. The van der Waals surface area contributed by atoms with E-state index >= 15 is 0 Å². The van der Waals surface area contributed by atoms with Crippen molar-refractivity contribution in [1.82, 2.24) is 4.90 Å². The van der Waals surface area contributed by atoms with E-state index in [1.165, 1.54) is 0 Å². The number of nitrogens with zero attached hydrogens (tertiary/aromatic N) is 1. The Labute approximate surface area is 118 Å². The maximum absolute atomic E-state index is 10.6. The van der Waals surface area contributed by atoms with Gasteiger partial charge in [0.1, 0.15) is 11.5 Å². The molecule has 1 aliphatic heterocycles. The standard InChI is InChI=1S/C15H21NO4/c1-20-13-4-3-12(14(17)8-13)10-16-7-6-11(9-16)2-5-15(18)19/h3-4,8,11,17H,2,5-7,9-10H2,1H3,(H,18,19). The summed E-state index contributed by atoms with van der Waals surface area (Å²) in [5.74, 6) is 0.619. The molecule has 0 saturated carbocycles. The number of methoxy groups -OCH3 is 1. The highest BCUT2D eigenvalue weighted by molar-refractivity contribution is 5.66. The van der Waals surface area contributed by atoms with Crippen molar-refractivity contribution in [3.8, 4) is 11.5 Å². The summed E-state index contributed by atoms with van der Waals surface area (Å²) < 4.78 is 5.06. The molecular weight excluding hydrogens is 258 g/mol. The molecule has 1 aliphatic rings. The van der Waals surface area contributed by atoms with Gasteiger partial charge in [0.2, 0.25) is 0 Å². The Kier molecular flexibility index (Phi) is 4.84. The van der Waals surface area contributed by atoms with Crippen molar-refractivity contribution < 1.29 is 19.7 Å². The number of hydrogen-bond acceptors (Lipinski definition) is 4. The molecule has 5 nitrogen and oxygen atoms in total. The zero-order chi connectivity index (χ0) is 14.5. The van der Waals surface area contributed by atoms with Crippen LogP contribution in [0.1, 0.15) is 24.8 Å². The van der Waals surface area contributed by atoms with Crippen LogP contribution in [0.15, 0.2) is 18.2 Å². The van der Waals surface area contributed by atoms with Gasteiger partial charge in [-0.2, -0.15) is 0 Å². The van der Waals surface area contributed by atoms with E-state index in [9.17, 15) is 9.90 Å². The zero-order valence-electron chi connectivity index (χ0n) is 11.7. The molecule has 0 bridgehead atoms. The van der Waals surface area contributed by atoms with Crippen molar-refractivity contribution in [3.05, 3.63) is 23.8 Å². The third-order valence-corrected chi connectivity index (χ3v) is 3.82. The lowest BCUT2D eigenvalue weighted by Gasteiger charge is -2.17. The molecule has 1 aromatic carbocycles. The molecule has 0 aromatic heterocycles. The van der Waals surface area contributed by atoms with E-state index in [2.05, 4.69) is 4.90 Å². The number of ether oxygens (including phenoxy) is 1. The summed E-state index contributed by atoms with van der Waals surface area (Å²) in [6.07, 6.45) is 2.01. The van der Waals surface area contributed by atoms with Crippen LogP contribution in [-0.4, -0.2) is 41.3 Å². The van der Waals surface area contributed by atoms with Gasteiger partial charge in [0.05, 0.1) is 7.11 Å². The molecule has 0 radical (unpaired) electrons. The third-order valence-electron chi connectivity index (χ3n) is 3.82. The predicted molar refractivity (Wildman–Crippen MR) is 74.9 cm³/mol. The number of rotatable bonds is 6. The van der Waals surface area contributed by atoms with Gasteiger partial charge in [0.15, 0.2) is 0 Å². The second-order valence-corrected chi connectivity index (χ2v) is 5.32. The molecule has 1 heterocycles. The summed E-state index contributed by atoms with van der Waals surface area (Å²) in [5.41, 5.74) is 0.879. The number of aromatic hydroxyl groups is 1. The van der Waals surface area contributed by atoms with Crippen molar-refractivity contribution in [2.75, 3.05) is 20.2 Å². The minimum atomic E-state index is -0.726. The van der Waals surface area contributed by atoms with Crippen LogP contribution >= 0.6 is 0 Å². The van der Waals surface area contributed by atoms with E-state index in [1.54, 1.807) is 13.2 Å². The number of aliphatic carboxylic acids is 1. The molecule has 20 heavy (non-hydrogen) atoms. The van der Waals surface area contributed by atoms with Gasteiger partial charge in [-0.1, -0.05) is 6.07 Å². The molecule has 0 spiro atoms. The Morgan fingerprint density at radius 2 is 2.30 bits per heavy atom. The van der Waals surface area contributed by atoms with Gasteiger partial charge >= 0.3 is 5.97 Å². The highest BCUT2D eigenvalue weighted by atomic mass is 16.5. The van der Waals surface area contributed by atoms with Crippen LogP contribution in [0.3, 0.4) is 0 Å². The number of carboxylic acid groups (broad SMARTS) is 1. The highest BCUT2D eigenvalue weighted by Gasteiger charge is 2.23. The van der Waals surface area contributed by atoms with Gasteiger partial charge in [-0.25, -0.2) is 0 Å². The maximum atomic E-state index is 10.6. The number of phenols is 1. The topological polar surface area (TPSA) is 70.0 Å². The Hall–Kier alpha value is -1.75. The number of carbonyl (C=O) groups is 1. The first-order chi connectivity index (χ1) is 9.58. The zero-order valence-corrected chi connectivity index (χ0v) is 11.7. The smallest absolute Gasteiger partial charge is 0.303 e. The third kappa shape index (κ3) is 3.87. The Morgan fingerprint density at radius 3 is 2.95 bits per heavy atom. The second kappa shape index (κ2) is 6.61. The van der Waals surface area contributed by atoms with Crippen molar-refractivity contribution in [1.29, 1.82) is 0 Å². The number of benzene rings is 1. The largest absolute Gasteiger partial charge is 0.507 e. The second-order valence-electron chi connectivity index (χ2n) is 5.32. The summed E-state index contributed by atoms with van der Waals surface area (Å²) in [5, 5.41) is 18.6. The van der Waals surface area contributed by atoms with E-state index in [1.807, 2.05) is 12.1 Å². The quantitative estimate of drug-likeness (QED) is 0.834. The number of likely N-dealkylation sites (tertiary alicyclic amines) is 1. The van der Waals surface area contributed by atoms with Crippen molar-refractivity contribution in [2.24, 2.45) is 5.92 Å². The minimum Gasteiger partial charge on any atom is -0.507 e. The monoisotopic (exact) mass is 279 g/mol. The summed E-state index contributed by atoms with van der Waals surface area (Å²) in [4.78, 5) is 12.8. The van der Waals surface area contributed by atoms with Crippen LogP contribution in [0, 0.1) is 5.92 Å². The van der Waals surface area contributed by atoms with Gasteiger partial charge in [-0.3, -0.25) is 9.69 Å². The lowest BCUT2D eigenvalue weighted by molar-refractivity contribution is -0.137. The van der Waals surface area contributed by atoms with Crippen LogP contribution in [-0.2, 0) is 11.3 Å². The lowest BCUT2D eigenvalue weighted by Crippen LogP contribution is -2.20. The fraction of sp³-hybridized carbons (Fsp3) is 0.533. The Morgan fingerprint density at radius 1 is 1.50 bits per heavy atom. The van der Waals surface area contributed by atoms with Crippen LogP contribution in [0.2, 0.25) is 0 Å². The molecule has 2 N–H and O–H groups in total. The van der Waals surface area contributed by atoms with Crippen molar-refractivity contribution >= 4 is 5.97 Å². The normalized spacial score (nSPS) is 19.1. The summed E-state index contributed by atoms with van der Waals surface area (Å²) in [6, 6.07) is 5.33. The SMILES string of the molecule is COc1ccc(CN2CCC(CCC(=O)O)C2)c(O)c1. The van der Waals surface area contributed by atoms with Gasteiger partial charge in [0, 0.05) is 31.1 Å². The molecule has 1 fully saturated rings. The van der Waals surface area contributed by atoms with E-state index in [4.69, 9.17) is 9.84 Å². The van der Waals surface area contributed by atoms with Gasteiger partial charge in [-0.05, 0) is 31.4 Å². The molecule has 1 unspecified atom stereocenters. The fourth-order valence-electron chi connectivity index (χ4n) is 2.66. The molecule has 1 saturated heterocycles. The van der Waals surface area contributed by atoms with E-state index in [-0.39, 0.29) is 12.2 Å². The molecule has 110 valence electrons. The van der Waals surface area contributed by atoms with Crippen LogP contribution in [0.25, 0.3) is 0 Å². The maximum Gasteiger partial charge on any atom is 0.303 e. The van der Waals surface area contributed by atoms with E-state index in [0.29, 0.717) is 18.2 Å². The molecule has 1 aromatic rings. The van der Waals surface area contributed by atoms with Crippen molar-refractivity contribution in [2.45, 2.75) is 25.8 Å². The highest BCUT2D eigenvalue weighted by Crippen LogP contribution is 2.28. The first-order valence-corrected chi connectivity index (χ1v) is 6.88. The number of phenolic OH excluding ortho intramolecular Hbond substituents is 1. The van der Waals surface area contributed by atoms with E-state index < -0.39 is 5.97 Å². The minimum absolute atomic E-state index is 0.242. The van der Waals surface area contributed by atoms with Gasteiger partial charge in [-0.15, -0.1) is 0 Å². The van der Waals surface area contributed by atoms with Crippen molar-refractivity contribution in [3.63, 3.8) is 0 Å². The summed E-state index contributed by atoms with van der Waals surface area (Å²) in [6.45, 7) is 2.55. The molecular formula is C15H21NO4. The van der Waals surface area contributed by atoms with Crippen LogP contribution in [0.5, 0.6) is 11.5 Å². The molecule has 1 atom stereocenters. The molecule has 0 amide bonds. The molecule has 2 rings (SSSR count). The number of hydrogen-bond donors (Lipinski definition) is 2. The lowest BCUT2D eigenvalue weighted by atomic mass is 10.0. The van der Waals surface area contributed by atoms with Gasteiger partial charge in [0.25, 0.3) is 0 Å². The molecule has 5 heteroatoms. The van der Waals surface area contributed by atoms with E-state index in [0.717, 1.165) is 31.5 Å². The summed E-state index contributed by atoms with van der Waals surface area (Å²) >= 11 is 0. The first kappa shape index (κ1) is 14.7. The fourth-order valence-corrected chi connectivity index (χ4v) is 2.66. The Bertz CT molecular complexity index is 475. The first-order valence-electron chi connectivity index (χ1n) is 6.88. The predicted octanol–water partition coefficient (Wildman–Crippen LogP) is 2.09. The summed E-state index contributed by atoms with van der Waals surface area (Å²) in [7, 11) is 1.57. The number of carboxylic acids is 1. The Balaban J connectivity index is 1.87. The average Bonchev–Trinajstić information content (AvgIpc) is 2.86. The van der Waals surface area contributed by atoms with Crippen LogP contribution in [0.4, 0.5) is 0 Å². The average molecular weight is 279 g/mol. The van der Waals surface area contributed by atoms with Crippen LogP contribution < -0.4 is 4.74 Å².